The van der Waals surface area contributed by atoms with E-state index in [4.69, 9.17) is 4.98 Å². The summed E-state index contributed by atoms with van der Waals surface area (Å²) in [7, 11) is 0. The SMILES string of the molecule is Cc1cccc(C2c3[nH]c4ccccc4c3CCN2CCCn2cccn2)n1. The zero-order valence-corrected chi connectivity index (χ0v) is 16.2. The molecule has 5 heteroatoms. The van der Waals surface area contributed by atoms with Crippen molar-refractivity contribution in [2.45, 2.75) is 32.4 Å². The first-order valence-corrected chi connectivity index (χ1v) is 10.0. The van der Waals surface area contributed by atoms with E-state index in [-0.39, 0.29) is 6.04 Å². The van der Waals surface area contributed by atoms with Crippen LogP contribution >= 0.6 is 0 Å². The van der Waals surface area contributed by atoms with Crippen molar-refractivity contribution in [3.8, 4) is 0 Å². The third-order valence-electron chi connectivity index (χ3n) is 5.72. The minimum absolute atomic E-state index is 0.175. The molecule has 0 saturated heterocycles. The quantitative estimate of drug-likeness (QED) is 0.574. The highest BCUT2D eigenvalue weighted by molar-refractivity contribution is 5.85. The molecule has 0 saturated carbocycles. The van der Waals surface area contributed by atoms with Gasteiger partial charge in [-0.15, -0.1) is 0 Å². The second-order valence-corrected chi connectivity index (χ2v) is 7.58. The number of nitrogens with one attached hydrogen (secondary N) is 1. The molecule has 0 spiro atoms. The van der Waals surface area contributed by atoms with Crippen LogP contribution in [0.15, 0.2) is 60.9 Å². The Bertz CT molecular complexity index is 1080. The predicted octanol–water partition coefficient (Wildman–Crippen LogP) is 4.11. The van der Waals surface area contributed by atoms with Gasteiger partial charge in [0.05, 0.1) is 11.7 Å². The number of nitrogens with zero attached hydrogens (tertiary/aromatic N) is 4. The fourth-order valence-electron chi connectivity index (χ4n) is 4.45. The summed E-state index contributed by atoms with van der Waals surface area (Å²) in [4.78, 5) is 11.2. The lowest BCUT2D eigenvalue weighted by Gasteiger charge is -2.35. The minimum Gasteiger partial charge on any atom is -0.357 e. The second kappa shape index (κ2) is 7.24. The number of aromatic amines is 1. The van der Waals surface area contributed by atoms with Gasteiger partial charge < -0.3 is 4.98 Å². The van der Waals surface area contributed by atoms with Gasteiger partial charge in [-0.3, -0.25) is 14.6 Å². The van der Waals surface area contributed by atoms with Crippen molar-refractivity contribution in [3.63, 3.8) is 0 Å². The highest BCUT2D eigenvalue weighted by Crippen LogP contribution is 2.37. The first-order chi connectivity index (χ1) is 13.8. The summed E-state index contributed by atoms with van der Waals surface area (Å²) >= 11 is 0. The number of fused-ring (bicyclic) bond motifs is 3. The van der Waals surface area contributed by atoms with E-state index in [0.29, 0.717) is 0 Å². The number of hydrogen-bond acceptors (Lipinski definition) is 3. The topological polar surface area (TPSA) is 49.7 Å². The van der Waals surface area contributed by atoms with Gasteiger partial charge in [-0.2, -0.15) is 5.10 Å². The van der Waals surface area contributed by atoms with Gasteiger partial charge >= 0.3 is 0 Å². The fraction of sp³-hybridized carbons (Fsp3) is 0.304. The van der Waals surface area contributed by atoms with E-state index in [0.717, 1.165) is 43.9 Å². The lowest BCUT2D eigenvalue weighted by Crippen LogP contribution is -2.37. The van der Waals surface area contributed by atoms with Crippen LogP contribution in [0.4, 0.5) is 0 Å². The molecule has 1 aliphatic heterocycles. The van der Waals surface area contributed by atoms with Gasteiger partial charge in [0.15, 0.2) is 0 Å². The average Bonchev–Trinajstić information content (AvgIpc) is 3.35. The van der Waals surface area contributed by atoms with E-state index >= 15 is 0 Å². The highest BCUT2D eigenvalue weighted by Gasteiger charge is 2.32. The zero-order valence-electron chi connectivity index (χ0n) is 16.2. The van der Waals surface area contributed by atoms with Crippen LogP contribution in [-0.2, 0) is 13.0 Å². The minimum atomic E-state index is 0.175. The molecular weight excluding hydrogens is 346 g/mol. The van der Waals surface area contributed by atoms with Gasteiger partial charge in [0.1, 0.15) is 0 Å². The lowest BCUT2D eigenvalue weighted by molar-refractivity contribution is 0.200. The summed E-state index contributed by atoms with van der Waals surface area (Å²) in [5.41, 5.74) is 6.18. The van der Waals surface area contributed by atoms with Crippen molar-refractivity contribution in [1.29, 1.82) is 0 Å². The molecule has 1 atom stereocenters. The van der Waals surface area contributed by atoms with E-state index in [1.807, 2.05) is 23.1 Å². The molecule has 1 unspecified atom stereocenters. The second-order valence-electron chi connectivity index (χ2n) is 7.58. The van der Waals surface area contributed by atoms with Crippen molar-refractivity contribution >= 4 is 10.9 Å². The molecule has 5 nitrogen and oxygen atoms in total. The summed E-state index contributed by atoms with van der Waals surface area (Å²) < 4.78 is 2.01. The van der Waals surface area contributed by atoms with Crippen molar-refractivity contribution < 1.29 is 0 Å². The molecule has 0 radical (unpaired) electrons. The van der Waals surface area contributed by atoms with Crippen LogP contribution in [0.3, 0.4) is 0 Å². The van der Waals surface area contributed by atoms with E-state index in [2.05, 4.69) is 64.4 Å². The third-order valence-corrected chi connectivity index (χ3v) is 5.72. The summed E-state index contributed by atoms with van der Waals surface area (Å²) in [5.74, 6) is 0. The number of hydrogen-bond donors (Lipinski definition) is 1. The number of aryl methyl sites for hydroxylation is 2. The fourth-order valence-corrected chi connectivity index (χ4v) is 4.45. The van der Waals surface area contributed by atoms with Crippen LogP contribution in [0.2, 0.25) is 0 Å². The summed E-state index contributed by atoms with van der Waals surface area (Å²) in [5, 5.41) is 5.69. The van der Waals surface area contributed by atoms with Gasteiger partial charge in [-0.1, -0.05) is 24.3 Å². The lowest BCUT2D eigenvalue weighted by atomic mass is 9.94. The Morgan fingerprint density at radius 2 is 2.00 bits per heavy atom. The normalized spacial score (nSPS) is 17.1. The van der Waals surface area contributed by atoms with E-state index in [1.165, 1.54) is 22.2 Å². The highest BCUT2D eigenvalue weighted by atomic mass is 15.3. The van der Waals surface area contributed by atoms with Crippen molar-refractivity contribution in [2.75, 3.05) is 13.1 Å². The summed E-state index contributed by atoms with van der Waals surface area (Å²) in [6.45, 7) is 5.08. The van der Waals surface area contributed by atoms with Gasteiger partial charge in [0.25, 0.3) is 0 Å². The molecule has 142 valence electrons. The molecule has 1 N–H and O–H groups in total. The maximum atomic E-state index is 4.89. The summed E-state index contributed by atoms with van der Waals surface area (Å²) in [6, 6.07) is 17.2. The van der Waals surface area contributed by atoms with E-state index < -0.39 is 0 Å². The van der Waals surface area contributed by atoms with Crippen LogP contribution in [0.25, 0.3) is 10.9 Å². The number of pyridine rings is 1. The largest absolute Gasteiger partial charge is 0.357 e. The van der Waals surface area contributed by atoms with Crippen LogP contribution in [0.5, 0.6) is 0 Å². The van der Waals surface area contributed by atoms with Crippen LogP contribution in [-0.4, -0.2) is 37.7 Å². The Morgan fingerprint density at radius 1 is 1.07 bits per heavy atom. The Balaban J connectivity index is 1.50. The first-order valence-electron chi connectivity index (χ1n) is 10.0. The smallest absolute Gasteiger partial charge is 0.0931 e. The van der Waals surface area contributed by atoms with Crippen LogP contribution < -0.4 is 0 Å². The Kier molecular flexibility index (Phi) is 4.45. The van der Waals surface area contributed by atoms with Crippen molar-refractivity contribution in [1.82, 2.24) is 24.6 Å². The number of rotatable bonds is 5. The zero-order chi connectivity index (χ0) is 18.9. The molecule has 0 fully saturated rings. The number of para-hydroxylation sites is 1. The molecule has 4 heterocycles. The van der Waals surface area contributed by atoms with E-state index in [1.54, 1.807) is 0 Å². The van der Waals surface area contributed by atoms with Gasteiger partial charge in [-0.05, 0) is 49.6 Å². The molecule has 4 aromatic rings. The molecule has 0 aliphatic carbocycles. The average molecular weight is 371 g/mol. The first kappa shape index (κ1) is 17.2. The maximum absolute atomic E-state index is 4.89. The molecule has 0 amide bonds. The van der Waals surface area contributed by atoms with Gasteiger partial charge in [-0.25, -0.2) is 0 Å². The number of aromatic nitrogens is 4. The molecule has 1 aliphatic rings. The Morgan fingerprint density at radius 3 is 2.86 bits per heavy atom. The molecular formula is C23H25N5. The Labute approximate surface area is 165 Å². The summed E-state index contributed by atoms with van der Waals surface area (Å²) in [6.07, 6.45) is 6.02. The van der Waals surface area contributed by atoms with Gasteiger partial charge in [0.2, 0.25) is 0 Å². The predicted molar refractivity (Wildman–Crippen MR) is 111 cm³/mol. The molecule has 28 heavy (non-hydrogen) atoms. The molecule has 3 aromatic heterocycles. The third kappa shape index (κ3) is 3.12. The molecule has 0 bridgehead atoms. The number of H-pyrrole nitrogens is 1. The number of benzene rings is 1. The Hall–Kier alpha value is -2.92. The van der Waals surface area contributed by atoms with Crippen LogP contribution in [0, 0.1) is 6.92 Å². The van der Waals surface area contributed by atoms with Crippen molar-refractivity contribution in [2.24, 2.45) is 0 Å². The monoisotopic (exact) mass is 371 g/mol. The van der Waals surface area contributed by atoms with E-state index in [9.17, 15) is 0 Å². The van der Waals surface area contributed by atoms with Gasteiger partial charge in [0, 0.05) is 54.3 Å². The molecule has 5 rings (SSSR count). The van der Waals surface area contributed by atoms with Crippen molar-refractivity contribution in [3.05, 3.63) is 83.6 Å². The standard InChI is InChI=1S/C23H25N5/c1-17-7-4-10-21(25-17)23-22-19(18-8-2-3-9-20(18)26-22)11-16-27(23)13-6-15-28-14-5-12-24-28/h2-5,7-10,12,14,23,26H,6,11,13,15-16H2,1H3. The maximum Gasteiger partial charge on any atom is 0.0931 e. The van der Waals surface area contributed by atoms with Crippen LogP contribution in [0.1, 0.15) is 35.1 Å². The molecule has 1 aromatic carbocycles.